The van der Waals surface area contributed by atoms with Gasteiger partial charge in [-0.05, 0) is 27.2 Å². The van der Waals surface area contributed by atoms with Crippen molar-refractivity contribution < 1.29 is 14.3 Å². The van der Waals surface area contributed by atoms with Gasteiger partial charge < -0.3 is 15.0 Å². The summed E-state index contributed by atoms with van der Waals surface area (Å²) >= 11 is 0. The Morgan fingerprint density at radius 3 is 2.33 bits per heavy atom. The van der Waals surface area contributed by atoms with Crippen LogP contribution in [0.25, 0.3) is 0 Å². The number of nitrogens with one attached hydrogen (secondary N) is 1. The molecule has 104 valence electrons. The maximum atomic E-state index is 11.6. The third kappa shape index (κ3) is 7.70. The molecule has 18 heavy (non-hydrogen) atoms. The van der Waals surface area contributed by atoms with Crippen molar-refractivity contribution in [2.45, 2.75) is 45.3 Å². The van der Waals surface area contributed by atoms with Crippen LogP contribution in [0, 0.1) is 0 Å². The lowest BCUT2D eigenvalue weighted by Gasteiger charge is -2.23. The van der Waals surface area contributed by atoms with E-state index in [-0.39, 0.29) is 18.4 Å². The summed E-state index contributed by atoms with van der Waals surface area (Å²) in [4.78, 5) is 24.7. The van der Waals surface area contributed by atoms with Gasteiger partial charge in [-0.25, -0.2) is 4.79 Å². The summed E-state index contributed by atoms with van der Waals surface area (Å²) in [7, 11) is 3.36. The van der Waals surface area contributed by atoms with Crippen molar-refractivity contribution in [1.29, 1.82) is 0 Å². The fourth-order valence-corrected chi connectivity index (χ4v) is 1.26. The molecule has 0 radical (unpaired) electrons. The smallest absolute Gasteiger partial charge is 0.407 e. The molecule has 0 saturated carbocycles. The van der Waals surface area contributed by atoms with Crippen LogP contribution in [0.3, 0.4) is 0 Å². The molecule has 0 rings (SSSR count). The highest BCUT2D eigenvalue weighted by atomic mass is 16.6. The summed E-state index contributed by atoms with van der Waals surface area (Å²) in [6, 6.07) is -0.285. The van der Waals surface area contributed by atoms with Crippen LogP contribution >= 0.6 is 0 Å². The Labute approximate surface area is 109 Å². The minimum Gasteiger partial charge on any atom is -0.444 e. The Kier molecular flexibility index (Phi) is 6.44. The van der Waals surface area contributed by atoms with Crippen molar-refractivity contribution in [2.75, 3.05) is 14.1 Å². The topological polar surface area (TPSA) is 58.6 Å². The highest BCUT2D eigenvalue weighted by Gasteiger charge is 2.21. The van der Waals surface area contributed by atoms with Gasteiger partial charge in [0.2, 0.25) is 5.91 Å². The molecule has 0 aliphatic carbocycles. The van der Waals surface area contributed by atoms with Crippen molar-refractivity contribution in [3.63, 3.8) is 0 Å². The first-order valence-electron chi connectivity index (χ1n) is 5.96. The number of carbonyl (C=O) groups excluding carboxylic acids is 2. The standard InChI is InChI=1S/C13H24N2O3/c1-7-8-10(9-11(16)15(5)6)14-12(17)18-13(2,3)4/h7,10H,1,8-9H2,2-6H3,(H,14,17)/t10-/m0/s1. The number of rotatable bonds is 5. The molecule has 5 heteroatoms. The second kappa shape index (κ2) is 7.03. The van der Waals surface area contributed by atoms with Crippen molar-refractivity contribution in [2.24, 2.45) is 0 Å². The summed E-state index contributed by atoms with van der Waals surface area (Å²) in [5.41, 5.74) is -0.547. The fraction of sp³-hybridized carbons (Fsp3) is 0.692. The number of nitrogens with zero attached hydrogens (tertiary/aromatic N) is 1. The fourth-order valence-electron chi connectivity index (χ4n) is 1.26. The third-order valence-corrected chi connectivity index (χ3v) is 2.09. The predicted octanol–water partition coefficient (Wildman–Crippen LogP) is 1.93. The average molecular weight is 256 g/mol. The Morgan fingerprint density at radius 2 is 1.94 bits per heavy atom. The van der Waals surface area contributed by atoms with Gasteiger partial charge in [0.15, 0.2) is 0 Å². The number of alkyl carbamates (subject to hydrolysis) is 1. The Morgan fingerprint density at radius 1 is 1.39 bits per heavy atom. The molecule has 0 unspecified atom stereocenters. The molecule has 0 aliphatic rings. The molecule has 0 aromatic heterocycles. The number of ether oxygens (including phenoxy) is 1. The van der Waals surface area contributed by atoms with E-state index >= 15 is 0 Å². The lowest BCUT2D eigenvalue weighted by atomic mass is 10.1. The molecule has 0 bridgehead atoms. The molecule has 0 heterocycles. The summed E-state index contributed by atoms with van der Waals surface area (Å²) < 4.78 is 5.15. The second-order valence-electron chi connectivity index (χ2n) is 5.36. The number of hydrogen-bond acceptors (Lipinski definition) is 3. The van der Waals surface area contributed by atoms with Gasteiger partial charge in [0.05, 0.1) is 0 Å². The second-order valence-corrected chi connectivity index (χ2v) is 5.36. The number of hydrogen-bond donors (Lipinski definition) is 1. The number of amides is 2. The molecule has 5 nitrogen and oxygen atoms in total. The van der Waals surface area contributed by atoms with Crippen LogP contribution in [0.15, 0.2) is 12.7 Å². The molecular formula is C13H24N2O3. The Bertz CT molecular complexity index is 306. The van der Waals surface area contributed by atoms with Crippen LogP contribution in [0.2, 0.25) is 0 Å². The lowest BCUT2D eigenvalue weighted by molar-refractivity contribution is -0.129. The average Bonchev–Trinajstić information content (AvgIpc) is 2.14. The summed E-state index contributed by atoms with van der Waals surface area (Å²) in [6.07, 6.45) is 1.92. The van der Waals surface area contributed by atoms with E-state index in [1.807, 2.05) is 0 Å². The van der Waals surface area contributed by atoms with E-state index in [2.05, 4.69) is 11.9 Å². The number of carbonyl (C=O) groups is 2. The normalized spacial score (nSPS) is 12.5. The summed E-state index contributed by atoms with van der Waals surface area (Å²) in [5.74, 6) is -0.0436. The first kappa shape index (κ1) is 16.5. The maximum absolute atomic E-state index is 11.6. The summed E-state index contributed by atoms with van der Waals surface area (Å²) in [5, 5.41) is 2.68. The summed E-state index contributed by atoms with van der Waals surface area (Å²) in [6.45, 7) is 8.99. The van der Waals surface area contributed by atoms with Crippen LogP contribution in [-0.4, -0.2) is 42.6 Å². The van der Waals surface area contributed by atoms with E-state index in [4.69, 9.17) is 4.74 Å². The van der Waals surface area contributed by atoms with Crippen molar-refractivity contribution in [1.82, 2.24) is 10.2 Å². The molecule has 0 aromatic carbocycles. The predicted molar refractivity (Wildman–Crippen MR) is 71.3 cm³/mol. The molecule has 0 saturated heterocycles. The van der Waals surface area contributed by atoms with Crippen molar-refractivity contribution in [3.05, 3.63) is 12.7 Å². The maximum Gasteiger partial charge on any atom is 0.407 e. The molecule has 1 N–H and O–H groups in total. The lowest BCUT2D eigenvalue weighted by Crippen LogP contribution is -2.41. The third-order valence-electron chi connectivity index (χ3n) is 2.09. The van der Waals surface area contributed by atoms with Gasteiger partial charge in [-0.3, -0.25) is 4.79 Å². The van der Waals surface area contributed by atoms with E-state index in [1.165, 1.54) is 4.90 Å². The Hall–Kier alpha value is -1.52. The van der Waals surface area contributed by atoms with E-state index in [0.717, 1.165) is 0 Å². The van der Waals surface area contributed by atoms with Crippen LogP contribution in [0.1, 0.15) is 33.6 Å². The first-order chi connectivity index (χ1) is 8.15. The van der Waals surface area contributed by atoms with E-state index in [0.29, 0.717) is 6.42 Å². The largest absolute Gasteiger partial charge is 0.444 e. The van der Waals surface area contributed by atoms with Gasteiger partial charge in [0.25, 0.3) is 0 Å². The van der Waals surface area contributed by atoms with Crippen LogP contribution in [0.5, 0.6) is 0 Å². The van der Waals surface area contributed by atoms with Gasteiger partial charge in [-0.1, -0.05) is 6.08 Å². The van der Waals surface area contributed by atoms with Crippen LogP contribution < -0.4 is 5.32 Å². The minimum absolute atomic E-state index is 0.0436. The quantitative estimate of drug-likeness (QED) is 0.765. The molecule has 0 aromatic rings. The highest BCUT2D eigenvalue weighted by Crippen LogP contribution is 2.08. The zero-order valence-electron chi connectivity index (χ0n) is 11.9. The monoisotopic (exact) mass is 256 g/mol. The van der Waals surface area contributed by atoms with Gasteiger partial charge in [0.1, 0.15) is 5.60 Å². The van der Waals surface area contributed by atoms with E-state index in [9.17, 15) is 9.59 Å². The molecule has 2 amide bonds. The molecular weight excluding hydrogens is 232 g/mol. The SMILES string of the molecule is C=CC[C@@H](CC(=O)N(C)C)NC(=O)OC(C)(C)C. The molecule has 1 atom stereocenters. The van der Waals surface area contributed by atoms with Crippen molar-refractivity contribution >= 4 is 12.0 Å². The van der Waals surface area contributed by atoms with Crippen LogP contribution in [-0.2, 0) is 9.53 Å². The zero-order chi connectivity index (χ0) is 14.3. The Balaban J connectivity index is 4.39. The van der Waals surface area contributed by atoms with Gasteiger partial charge >= 0.3 is 6.09 Å². The highest BCUT2D eigenvalue weighted by molar-refractivity contribution is 5.77. The molecule has 0 spiro atoms. The van der Waals surface area contributed by atoms with E-state index in [1.54, 1.807) is 40.9 Å². The first-order valence-corrected chi connectivity index (χ1v) is 5.96. The van der Waals surface area contributed by atoms with Gasteiger partial charge in [-0.15, -0.1) is 6.58 Å². The molecule has 0 fully saturated rings. The minimum atomic E-state index is -0.547. The van der Waals surface area contributed by atoms with Crippen LogP contribution in [0.4, 0.5) is 4.79 Å². The zero-order valence-corrected chi connectivity index (χ0v) is 11.9. The van der Waals surface area contributed by atoms with Gasteiger partial charge in [0, 0.05) is 26.6 Å². The van der Waals surface area contributed by atoms with Crippen molar-refractivity contribution in [3.8, 4) is 0 Å². The molecule has 0 aliphatic heterocycles. The van der Waals surface area contributed by atoms with E-state index < -0.39 is 11.7 Å². The van der Waals surface area contributed by atoms with Gasteiger partial charge in [-0.2, -0.15) is 0 Å².